The number of carbonyl (C=O) groups is 2. The maximum Gasteiger partial charge on any atom is 0.354 e. The lowest BCUT2D eigenvalue weighted by atomic mass is 9.90. The van der Waals surface area contributed by atoms with E-state index in [-0.39, 0.29) is 31.2 Å². The number of carboxylic acid groups (broad SMARTS) is 1. The molecule has 0 fully saturated rings. The van der Waals surface area contributed by atoms with Crippen molar-refractivity contribution < 1.29 is 19.8 Å². The van der Waals surface area contributed by atoms with E-state index in [0.29, 0.717) is 17.7 Å². The number of carbonyl (C=O) groups excluding carboxylic acids is 1. The lowest BCUT2D eigenvalue weighted by Crippen LogP contribution is -2.30. The highest BCUT2D eigenvalue weighted by Gasteiger charge is 2.27. The molecule has 2 aromatic heterocycles. The Morgan fingerprint density at radius 1 is 1.33 bits per heavy atom. The van der Waals surface area contributed by atoms with Crippen molar-refractivity contribution in [1.82, 2.24) is 20.1 Å². The van der Waals surface area contributed by atoms with Gasteiger partial charge in [-0.1, -0.05) is 0 Å². The summed E-state index contributed by atoms with van der Waals surface area (Å²) < 4.78 is 1.40. The van der Waals surface area contributed by atoms with Crippen LogP contribution in [0.3, 0.4) is 0 Å². The van der Waals surface area contributed by atoms with Gasteiger partial charge < -0.3 is 15.5 Å². The summed E-state index contributed by atoms with van der Waals surface area (Å²) in [7, 11) is 0. The zero-order valence-electron chi connectivity index (χ0n) is 12.7. The number of aromatic carboxylic acids is 1. The summed E-state index contributed by atoms with van der Waals surface area (Å²) in [5, 5.41) is 25.1. The summed E-state index contributed by atoms with van der Waals surface area (Å²) in [4.78, 5) is 26.8. The molecule has 1 aliphatic carbocycles. The average Bonchev–Trinajstić information content (AvgIpc) is 2.93. The number of hydrogen-bond acceptors (Lipinski definition) is 5. The number of aliphatic hydroxyl groups is 1. The van der Waals surface area contributed by atoms with Gasteiger partial charge in [-0.05, 0) is 24.5 Å². The highest BCUT2D eigenvalue weighted by molar-refractivity contribution is 5.90. The SMILES string of the molecule is Cl.O=C(CO)NCCn1nc2c(c1C(=O)O)CCc1cnccc1-2. The Kier molecular flexibility index (Phi) is 5.53. The van der Waals surface area contributed by atoms with Gasteiger partial charge in [-0.3, -0.25) is 14.5 Å². The van der Waals surface area contributed by atoms with Gasteiger partial charge in [-0.25, -0.2) is 4.79 Å². The third-order valence-corrected chi connectivity index (χ3v) is 3.85. The maximum atomic E-state index is 11.6. The standard InChI is InChI=1S/C15H16N4O4.ClH/c20-8-12(21)17-5-6-19-14(15(22)23)11-2-1-9-7-16-4-3-10(9)13(11)18-19;/h3-4,7,20H,1-2,5-6,8H2,(H,17,21)(H,22,23);1H. The molecule has 1 amide bonds. The van der Waals surface area contributed by atoms with E-state index in [1.807, 2.05) is 6.07 Å². The molecule has 0 saturated carbocycles. The molecule has 0 aromatic carbocycles. The minimum Gasteiger partial charge on any atom is -0.477 e. The summed E-state index contributed by atoms with van der Waals surface area (Å²) in [6.45, 7) is -0.175. The molecule has 3 rings (SSSR count). The molecule has 2 heterocycles. The van der Waals surface area contributed by atoms with Crippen LogP contribution >= 0.6 is 12.4 Å². The molecule has 0 bridgehead atoms. The monoisotopic (exact) mass is 352 g/mol. The lowest BCUT2D eigenvalue weighted by molar-refractivity contribution is -0.123. The van der Waals surface area contributed by atoms with Gasteiger partial charge in [0.1, 0.15) is 12.3 Å². The molecule has 9 heteroatoms. The number of aliphatic hydroxyl groups excluding tert-OH is 1. The topological polar surface area (TPSA) is 117 Å². The number of hydrogen-bond donors (Lipinski definition) is 3. The van der Waals surface area contributed by atoms with Crippen molar-refractivity contribution >= 4 is 24.3 Å². The molecule has 0 radical (unpaired) electrons. The van der Waals surface area contributed by atoms with Gasteiger partial charge in [0.25, 0.3) is 0 Å². The van der Waals surface area contributed by atoms with Crippen molar-refractivity contribution in [2.24, 2.45) is 0 Å². The first-order valence-corrected chi connectivity index (χ1v) is 7.25. The molecule has 24 heavy (non-hydrogen) atoms. The van der Waals surface area contributed by atoms with Gasteiger partial charge in [0, 0.05) is 30.1 Å². The number of rotatable bonds is 5. The first-order chi connectivity index (χ1) is 11.1. The van der Waals surface area contributed by atoms with Crippen molar-refractivity contribution in [2.45, 2.75) is 19.4 Å². The normalized spacial score (nSPS) is 11.9. The number of pyridine rings is 1. The van der Waals surface area contributed by atoms with Crippen LogP contribution in [0.15, 0.2) is 18.5 Å². The number of nitrogens with zero attached hydrogens (tertiary/aromatic N) is 3. The van der Waals surface area contributed by atoms with Crippen LogP contribution in [-0.2, 0) is 24.2 Å². The summed E-state index contributed by atoms with van der Waals surface area (Å²) in [6, 6.07) is 1.84. The molecular formula is C15H17ClN4O4. The van der Waals surface area contributed by atoms with Crippen LogP contribution in [0.1, 0.15) is 21.6 Å². The number of carboxylic acids is 1. The fourth-order valence-corrected chi connectivity index (χ4v) is 2.83. The zero-order chi connectivity index (χ0) is 16.4. The number of fused-ring (bicyclic) bond motifs is 3. The number of aryl methyl sites for hydroxylation is 1. The van der Waals surface area contributed by atoms with E-state index in [1.54, 1.807) is 12.4 Å². The van der Waals surface area contributed by atoms with E-state index in [2.05, 4.69) is 15.4 Å². The minimum atomic E-state index is -1.04. The van der Waals surface area contributed by atoms with Crippen LogP contribution in [-0.4, -0.2) is 50.0 Å². The summed E-state index contributed by atoms with van der Waals surface area (Å²) in [6.07, 6.45) is 4.76. The first kappa shape index (κ1) is 17.9. The number of nitrogens with one attached hydrogen (secondary N) is 1. The van der Waals surface area contributed by atoms with Crippen molar-refractivity contribution in [3.8, 4) is 11.3 Å². The second-order valence-corrected chi connectivity index (χ2v) is 5.24. The van der Waals surface area contributed by atoms with Crippen LogP contribution in [0.5, 0.6) is 0 Å². The zero-order valence-corrected chi connectivity index (χ0v) is 13.5. The van der Waals surface area contributed by atoms with Gasteiger partial charge in [0.15, 0.2) is 0 Å². The first-order valence-electron chi connectivity index (χ1n) is 7.25. The molecule has 0 saturated heterocycles. The summed E-state index contributed by atoms with van der Waals surface area (Å²) in [5.74, 6) is -1.54. The number of amides is 1. The average molecular weight is 353 g/mol. The van der Waals surface area contributed by atoms with E-state index in [4.69, 9.17) is 5.11 Å². The van der Waals surface area contributed by atoms with E-state index < -0.39 is 18.5 Å². The highest BCUT2D eigenvalue weighted by Crippen LogP contribution is 2.33. The Labute approximate surface area is 143 Å². The predicted molar refractivity (Wildman–Crippen MR) is 87.2 cm³/mol. The van der Waals surface area contributed by atoms with Crippen molar-refractivity contribution in [2.75, 3.05) is 13.2 Å². The molecule has 0 atom stereocenters. The number of aromatic nitrogens is 3. The van der Waals surface area contributed by atoms with Gasteiger partial charge in [-0.15, -0.1) is 12.4 Å². The summed E-state index contributed by atoms with van der Waals surface area (Å²) in [5.41, 5.74) is 3.49. The molecule has 0 unspecified atom stereocenters. The number of halogens is 1. The predicted octanol–water partition coefficient (Wildman–Crippen LogP) is 0.272. The Morgan fingerprint density at radius 2 is 2.12 bits per heavy atom. The Morgan fingerprint density at radius 3 is 2.83 bits per heavy atom. The minimum absolute atomic E-state index is 0. The second kappa shape index (κ2) is 7.41. The van der Waals surface area contributed by atoms with Crippen LogP contribution in [0.4, 0.5) is 0 Å². The molecule has 0 spiro atoms. The van der Waals surface area contributed by atoms with E-state index in [9.17, 15) is 14.7 Å². The fourth-order valence-electron chi connectivity index (χ4n) is 2.83. The van der Waals surface area contributed by atoms with Gasteiger partial charge >= 0.3 is 5.97 Å². The molecule has 8 nitrogen and oxygen atoms in total. The fraction of sp³-hybridized carbons (Fsp3) is 0.333. The van der Waals surface area contributed by atoms with Crippen LogP contribution < -0.4 is 5.32 Å². The van der Waals surface area contributed by atoms with Crippen LogP contribution in [0.2, 0.25) is 0 Å². The molecule has 2 aromatic rings. The van der Waals surface area contributed by atoms with Crippen molar-refractivity contribution in [3.63, 3.8) is 0 Å². The lowest BCUT2D eigenvalue weighted by Gasteiger charge is -2.14. The van der Waals surface area contributed by atoms with Gasteiger partial charge in [0.05, 0.1) is 12.2 Å². The van der Waals surface area contributed by atoms with Gasteiger partial charge in [-0.2, -0.15) is 5.10 Å². The quantitative estimate of drug-likeness (QED) is 0.711. The van der Waals surface area contributed by atoms with Crippen molar-refractivity contribution in [1.29, 1.82) is 0 Å². The molecule has 0 aliphatic heterocycles. The maximum absolute atomic E-state index is 11.6. The van der Waals surface area contributed by atoms with Crippen LogP contribution in [0.25, 0.3) is 11.3 Å². The Hall–Kier alpha value is -2.45. The third-order valence-electron chi connectivity index (χ3n) is 3.85. The summed E-state index contributed by atoms with van der Waals surface area (Å²) >= 11 is 0. The smallest absolute Gasteiger partial charge is 0.354 e. The molecule has 3 N–H and O–H groups in total. The van der Waals surface area contributed by atoms with Crippen molar-refractivity contribution in [3.05, 3.63) is 35.3 Å². The van der Waals surface area contributed by atoms with E-state index >= 15 is 0 Å². The van der Waals surface area contributed by atoms with Gasteiger partial charge in [0.2, 0.25) is 5.91 Å². The largest absolute Gasteiger partial charge is 0.477 e. The van der Waals surface area contributed by atoms with Crippen LogP contribution in [0, 0.1) is 0 Å². The second-order valence-electron chi connectivity index (χ2n) is 5.24. The molecule has 1 aliphatic rings. The Bertz CT molecular complexity index is 775. The van der Waals surface area contributed by atoms with E-state index in [0.717, 1.165) is 17.5 Å². The molecular weight excluding hydrogens is 336 g/mol. The highest BCUT2D eigenvalue weighted by atomic mass is 35.5. The third kappa shape index (κ3) is 3.24. The Balaban J connectivity index is 0.00000208. The van der Waals surface area contributed by atoms with E-state index in [1.165, 1.54) is 4.68 Å². The molecule has 128 valence electrons.